The molecule has 21 heavy (non-hydrogen) atoms. The number of likely N-dealkylation sites (tertiary alicyclic amines) is 1. The van der Waals surface area contributed by atoms with Gasteiger partial charge in [-0.1, -0.05) is 20.8 Å². The second-order valence-electron chi connectivity index (χ2n) is 8.54. The fourth-order valence-corrected chi connectivity index (χ4v) is 5.28. The zero-order chi connectivity index (χ0) is 15.1. The molecule has 3 fully saturated rings. The second-order valence-corrected chi connectivity index (χ2v) is 8.54. The van der Waals surface area contributed by atoms with Crippen molar-refractivity contribution in [1.82, 2.24) is 5.32 Å². The molecule has 2 bridgehead atoms. The molecule has 0 unspecified atom stereocenters. The van der Waals surface area contributed by atoms with E-state index in [2.05, 4.69) is 26.1 Å². The summed E-state index contributed by atoms with van der Waals surface area (Å²) in [6.07, 6.45) is 8.62. The molecule has 0 spiro atoms. The average molecular weight is 293 g/mol. The van der Waals surface area contributed by atoms with E-state index in [1.807, 2.05) is 0 Å². The molecular formula is C18H33N2O+. The van der Waals surface area contributed by atoms with E-state index in [0.717, 1.165) is 12.5 Å². The Kier molecular flexibility index (Phi) is 4.06. The van der Waals surface area contributed by atoms with Gasteiger partial charge in [0, 0.05) is 6.04 Å². The standard InChI is InChI=1S/C18H32N2O/c1-17(2)14-7-9-18(17,3)15(13-14)19-16(21)8-12-20-10-5-4-6-11-20/h14-15H,4-13H2,1-3H3,(H,19,21)/p+1/t14-,15-,18+/m1/s1. The van der Waals surface area contributed by atoms with Gasteiger partial charge in [-0.15, -0.1) is 0 Å². The number of rotatable bonds is 4. The van der Waals surface area contributed by atoms with Gasteiger partial charge in [-0.05, 0) is 55.3 Å². The third-order valence-electron chi connectivity index (χ3n) is 7.40. The molecule has 2 N–H and O–H groups in total. The molecule has 3 nitrogen and oxygen atoms in total. The van der Waals surface area contributed by atoms with Crippen LogP contribution in [0.2, 0.25) is 0 Å². The monoisotopic (exact) mass is 293 g/mol. The lowest BCUT2D eigenvalue weighted by atomic mass is 9.69. The van der Waals surface area contributed by atoms with Gasteiger partial charge in [0.15, 0.2) is 0 Å². The summed E-state index contributed by atoms with van der Waals surface area (Å²) in [5, 5.41) is 3.39. The molecule has 1 saturated heterocycles. The lowest BCUT2D eigenvalue weighted by Gasteiger charge is -2.39. The first kappa shape index (κ1) is 15.3. The van der Waals surface area contributed by atoms with E-state index < -0.39 is 0 Å². The number of quaternary nitrogens is 1. The van der Waals surface area contributed by atoms with Crippen molar-refractivity contribution in [1.29, 1.82) is 0 Å². The predicted octanol–water partition coefficient (Wildman–Crippen LogP) is 1.78. The summed E-state index contributed by atoms with van der Waals surface area (Å²) in [4.78, 5) is 14.0. The van der Waals surface area contributed by atoms with Gasteiger partial charge in [-0.25, -0.2) is 0 Å². The van der Waals surface area contributed by atoms with Crippen molar-refractivity contribution in [3.63, 3.8) is 0 Å². The van der Waals surface area contributed by atoms with Gasteiger partial charge < -0.3 is 10.2 Å². The Morgan fingerprint density at radius 1 is 1.19 bits per heavy atom. The fraction of sp³-hybridized carbons (Fsp3) is 0.944. The zero-order valence-corrected chi connectivity index (χ0v) is 14.1. The number of hydrogen-bond acceptors (Lipinski definition) is 1. The third kappa shape index (κ3) is 2.62. The van der Waals surface area contributed by atoms with Gasteiger partial charge in [-0.3, -0.25) is 4.79 Å². The molecule has 2 aliphatic carbocycles. The van der Waals surface area contributed by atoms with E-state index in [1.165, 1.54) is 51.6 Å². The topological polar surface area (TPSA) is 33.5 Å². The molecule has 1 heterocycles. The Balaban J connectivity index is 1.49. The first-order chi connectivity index (χ1) is 9.93. The van der Waals surface area contributed by atoms with Crippen molar-refractivity contribution >= 4 is 5.91 Å². The van der Waals surface area contributed by atoms with Crippen LogP contribution in [-0.4, -0.2) is 31.6 Å². The van der Waals surface area contributed by atoms with Crippen LogP contribution in [0.1, 0.15) is 65.7 Å². The largest absolute Gasteiger partial charge is 0.353 e. The number of piperidine rings is 1. The van der Waals surface area contributed by atoms with Crippen LogP contribution in [0.4, 0.5) is 0 Å². The maximum absolute atomic E-state index is 12.3. The van der Waals surface area contributed by atoms with Crippen molar-refractivity contribution < 1.29 is 9.69 Å². The predicted molar refractivity (Wildman–Crippen MR) is 85.2 cm³/mol. The third-order valence-corrected chi connectivity index (χ3v) is 7.40. The molecular weight excluding hydrogens is 260 g/mol. The summed E-state index contributed by atoms with van der Waals surface area (Å²) in [6.45, 7) is 10.8. The first-order valence-electron chi connectivity index (χ1n) is 9.06. The van der Waals surface area contributed by atoms with E-state index in [4.69, 9.17) is 0 Å². The number of carbonyl (C=O) groups is 1. The second kappa shape index (κ2) is 5.57. The van der Waals surface area contributed by atoms with Crippen molar-refractivity contribution in [2.24, 2.45) is 16.7 Å². The Labute approximate surface area is 129 Å². The van der Waals surface area contributed by atoms with Gasteiger partial charge in [-0.2, -0.15) is 0 Å². The quantitative estimate of drug-likeness (QED) is 0.814. The minimum atomic E-state index is 0.294. The highest BCUT2D eigenvalue weighted by molar-refractivity contribution is 5.76. The van der Waals surface area contributed by atoms with Crippen LogP contribution in [0.3, 0.4) is 0 Å². The maximum atomic E-state index is 12.3. The first-order valence-corrected chi connectivity index (χ1v) is 9.06. The van der Waals surface area contributed by atoms with E-state index in [-0.39, 0.29) is 0 Å². The molecule has 1 aliphatic heterocycles. The van der Waals surface area contributed by atoms with Crippen LogP contribution in [0.25, 0.3) is 0 Å². The van der Waals surface area contributed by atoms with Crippen LogP contribution >= 0.6 is 0 Å². The molecule has 3 rings (SSSR count). The smallest absolute Gasteiger partial charge is 0.225 e. The Bertz CT molecular complexity index is 400. The Hall–Kier alpha value is -0.570. The SMILES string of the molecule is CC1(C)[C@@H]2CC[C@@]1(C)[C@H](NC(=O)CC[NH+]1CCCCC1)C2. The lowest BCUT2D eigenvalue weighted by Crippen LogP contribution is -3.12. The molecule has 0 aromatic rings. The molecule has 120 valence electrons. The van der Waals surface area contributed by atoms with Gasteiger partial charge >= 0.3 is 0 Å². The molecule has 3 atom stereocenters. The van der Waals surface area contributed by atoms with Crippen LogP contribution in [-0.2, 0) is 4.79 Å². The Morgan fingerprint density at radius 2 is 1.90 bits per heavy atom. The van der Waals surface area contributed by atoms with Crippen molar-refractivity contribution in [3.8, 4) is 0 Å². The van der Waals surface area contributed by atoms with Gasteiger partial charge in [0.05, 0.1) is 26.1 Å². The number of hydrogen-bond donors (Lipinski definition) is 2. The normalized spacial score (nSPS) is 38.6. The number of fused-ring (bicyclic) bond motifs is 2. The number of amides is 1. The van der Waals surface area contributed by atoms with Crippen LogP contribution in [0.5, 0.6) is 0 Å². The summed E-state index contributed by atoms with van der Waals surface area (Å²) in [5.74, 6) is 1.10. The van der Waals surface area contributed by atoms with Gasteiger partial charge in [0.25, 0.3) is 0 Å². The highest BCUT2D eigenvalue weighted by atomic mass is 16.1. The lowest BCUT2D eigenvalue weighted by molar-refractivity contribution is -0.904. The number of nitrogens with one attached hydrogen (secondary N) is 2. The molecule has 2 saturated carbocycles. The zero-order valence-electron chi connectivity index (χ0n) is 14.1. The van der Waals surface area contributed by atoms with Crippen LogP contribution < -0.4 is 10.2 Å². The van der Waals surface area contributed by atoms with Crippen molar-refractivity contribution in [3.05, 3.63) is 0 Å². The molecule has 0 radical (unpaired) electrons. The van der Waals surface area contributed by atoms with E-state index in [0.29, 0.717) is 29.2 Å². The minimum absolute atomic E-state index is 0.294. The molecule has 1 amide bonds. The summed E-state index contributed by atoms with van der Waals surface area (Å²) >= 11 is 0. The highest BCUT2D eigenvalue weighted by Gasteiger charge is 2.61. The summed E-state index contributed by atoms with van der Waals surface area (Å²) in [7, 11) is 0. The number of carbonyl (C=O) groups excluding carboxylic acids is 1. The van der Waals surface area contributed by atoms with Gasteiger partial charge in [0.2, 0.25) is 5.91 Å². The molecule has 0 aromatic carbocycles. The minimum Gasteiger partial charge on any atom is -0.353 e. The molecule has 0 aromatic heterocycles. The van der Waals surface area contributed by atoms with Crippen molar-refractivity contribution in [2.45, 2.75) is 71.8 Å². The van der Waals surface area contributed by atoms with Crippen molar-refractivity contribution in [2.75, 3.05) is 19.6 Å². The van der Waals surface area contributed by atoms with Gasteiger partial charge in [0.1, 0.15) is 0 Å². The van der Waals surface area contributed by atoms with Crippen LogP contribution in [0.15, 0.2) is 0 Å². The molecule has 3 heteroatoms. The Morgan fingerprint density at radius 3 is 2.48 bits per heavy atom. The van der Waals surface area contributed by atoms with E-state index in [9.17, 15) is 4.79 Å². The van der Waals surface area contributed by atoms with Crippen LogP contribution in [0, 0.1) is 16.7 Å². The molecule has 3 aliphatic rings. The summed E-state index contributed by atoms with van der Waals surface area (Å²) < 4.78 is 0. The maximum Gasteiger partial charge on any atom is 0.225 e. The summed E-state index contributed by atoms with van der Waals surface area (Å²) in [6, 6.07) is 0.412. The van der Waals surface area contributed by atoms with E-state index in [1.54, 1.807) is 4.90 Å². The highest BCUT2D eigenvalue weighted by Crippen LogP contribution is 2.65. The van der Waals surface area contributed by atoms with E-state index >= 15 is 0 Å². The summed E-state index contributed by atoms with van der Waals surface area (Å²) in [5.41, 5.74) is 0.703. The average Bonchev–Trinajstić information content (AvgIpc) is 2.79. The fourth-order valence-electron chi connectivity index (χ4n) is 5.28.